The molecule has 0 N–H and O–H groups in total. The minimum absolute atomic E-state index is 0.240. The molecule has 23 heavy (non-hydrogen) atoms. The van der Waals surface area contributed by atoms with Crippen molar-refractivity contribution in [2.75, 3.05) is 18.8 Å². The number of rotatable bonds is 4. The first-order valence-corrected chi connectivity index (χ1v) is 9.36. The fraction of sp³-hybridized carbons (Fsp3) is 0.556. The van der Waals surface area contributed by atoms with Crippen LogP contribution in [0.5, 0.6) is 0 Å². The number of pyridine rings is 1. The van der Waals surface area contributed by atoms with Crippen LogP contribution in [0.4, 0.5) is 0 Å². The summed E-state index contributed by atoms with van der Waals surface area (Å²) >= 11 is 1.98. The standard InChI is InChI=1S/C18H22N2O2S/c21-17(14-5-1-2-6-14)20-12-18(13-20)9-16(11-23-18)22-10-15-7-3-4-8-19-15/h3-5,7-8,16H,1-2,6,9-13H2/t16-/m1/s1. The van der Waals surface area contributed by atoms with Gasteiger partial charge in [-0.15, -0.1) is 11.8 Å². The van der Waals surface area contributed by atoms with Crippen LogP contribution in [0.2, 0.25) is 0 Å². The molecule has 0 aromatic carbocycles. The fourth-order valence-electron chi connectivity index (χ4n) is 3.68. The molecule has 3 aliphatic rings. The van der Waals surface area contributed by atoms with E-state index in [2.05, 4.69) is 11.1 Å². The highest BCUT2D eigenvalue weighted by Crippen LogP contribution is 2.46. The average molecular weight is 330 g/mol. The van der Waals surface area contributed by atoms with Crippen molar-refractivity contribution >= 4 is 17.7 Å². The number of carbonyl (C=O) groups excluding carboxylic acids is 1. The van der Waals surface area contributed by atoms with E-state index in [4.69, 9.17) is 4.74 Å². The Morgan fingerprint density at radius 1 is 1.43 bits per heavy atom. The van der Waals surface area contributed by atoms with Gasteiger partial charge >= 0.3 is 0 Å². The van der Waals surface area contributed by atoms with Gasteiger partial charge in [0, 0.05) is 30.6 Å². The summed E-state index contributed by atoms with van der Waals surface area (Å²) in [5, 5.41) is 0. The van der Waals surface area contributed by atoms with Crippen LogP contribution < -0.4 is 0 Å². The molecule has 1 amide bonds. The molecule has 4 rings (SSSR count). The quantitative estimate of drug-likeness (QED) is 0.851. The topological polar surface area (TPSA) is 42.4 Å². The SMILES string of the molecule is O=C(C1=CCCC1)N1CC2(C[C@@H](OCc3ccccn3)CS2)C1. The van der Waals surface area contributed by atoms with Crippen LogP contribution in [0.3, 0.4) is 0 Å². The molecule has 1 atom stereocenters. The molecule has 122 valence electrons. The molecule has 3 heterocycles. The first-order valence-electron chi connectivity index (χ1n) is 8.38. The predicted octanol–water partition coefficient (Wildman–Crippen LogP) is 2.80. The van der Waals surface area contributed by atoms with Gasteiger partial charge in [0.2, 0.25) is 5.91 Å². The second-order valence-electron chi connectivity index (χ2n) is 6.74. The molecule has 1 aromatic heterocycles. The predicted molar refractivity (Wildman–Crippen MR) is 91.1 cm³/mol. The number of aromatic nitrogens is 1. The third-order valence-corrected chi connectivity index (χ3v) is 6.50. The monoisotopic (exact) mass is 330 g/mol. The Labute approximate surface area is 141 Å². The van der Waals surface area contributed by atoms with Gasteiger partial charge in [-0.3, -0.25) is 9.78 Å². The van der Waals surface area contributed by atoms with Gasteiger partial charge in [-0.2, -0.15) is 0 Å². The molecule has 4 nitrogen and oxygen atoms in total. The third kappa shape index (κ3) is 3.17. The summed E-state index contributed by atoms with van der Waals surface area (Å²) in [7, 11) is 0. The molecule has 5 heteroatoms. The van der Waals surface area contributed by atoms with E-state index in [9.17, 15) is 4.79 Å². The van der Waals surface area contributed by atoms with Gasteiger partial charge in [-0.1, -0.05) is 12.1 Å². The Balaban J connectivity index is 1.26. The van der Waals surface area contributed by atoms with Crippen LogP contribution >= 0.6 is 11.8 Å². The minimum atomic E-state index is 0.240. The fourth-order valence-corrected chi connectivity index (χ4v) is 5.23. The maximum Gasteiger partial charge on any atom is 0.249 e. The Bertz CT molecular complexity index is 611. The number of ether oxygens (including phenoxy) is 1. The molecule has 0 bridgehead atoms. The van der Waals surface area contributed by atoms with Crippen LogP contribution in [0.25, 0.3) is 0 Å². The second-order valence-corrected chi connectivity index (χ2v) is 8.22. The number of nitrogens with zero attached hydrogens (tertiary/aromatic N) is 2. The smallest absolute Gasteiger partial charge is 0.249 e. The number of carbonyl (C=O) groups is 1. The molecule has 1 aliphatic carbocycles. The van der Waals surface area contributed by atoms with Crippen LogP contribution in [0.15, 0.2) is 36.0 Å². The molecule has 0 radical (unpaired) electrons. The summed E-state index contributed by atoms with van der Waals surface area (Å²) in [6, 6.07) is 5.91. The van der Waals surface area contributed by atoms with Crippen molar-refractivity contribution in [3.63, 3.8) is 0 Å². The number of thioether (sulfide) groups is 1. The van der Waals surface area contributed by atoms with Crippen LogP contribution in [0, 0.1) is 0 Å². The Hall–Kier alpha value is -1.33. The van der Waals surface area contributed by atoms with Gasteiger partial charge in [0.25, 0.3) is 0 Å². The number of hydrogen-bond donors (Lipinski definition) is 0. The van der Waals surface area contributed by atoms with Crippen LogP contribution in [0.1, 0.15) is 31.4 Å². The van der Waals surface area contributed by atoms with E-state index in [1.807, 2.05) is 34.9 Å². The number of allylic oxidation sites excluding steroid dienone is 1. The third-order valence-electron chi connectivity index (χ3n) is 4.93. The minimum Gasteiger partial charge on any atom is -0.371 e. The van der Waals surface area contributed by atoms with Gasteiger partial charge in [0.05, 0.1) is 23.2 Å². The van der Waals surface area contributed by atoms with E-state index < -0.39 is 0 Å². The summed E-state index contributed by atoms with van der Waals surface area (Å²) in [6.07, 6.45) is 8.42. The Kier molecular flexibility index (Phi) is 4.16. The summed E-state index contributed by atoms with van der Waals surface area (Å²) in [6.45, 7) is 2.35. The first-order chi connectivity index (χ1) is 11.2. The van der Waals surface area contributed by atoms with Crippen LogP contribution in [-0.2, 0) is 16.1 Å². The van der Waals surface area contributed by atoms with Crippen molar-refractivity contribution in [1.82, 2.24) is 9.88 Å². The van der Waals surface area contributed by atoms with Gasteiger partial charge in [-0.25, -0.2) is 0 Å². The van der Waals surface area contributed by atoms with Crippen molar-refractivity contribution in [3.05, 3.63) is 41.7 Å². The van der Waals surface area contributed by atoms with Gasteiger partial charge in [0.1, 0.15) is 0 Å². The zero-order chi connectivity index (χ0) is 15.7. The number of likely N-dealkylation sites (tertiary alicyclic amines) is 1. The van der Waals surface area contributed by atoms with Crippen molar-refractivity contribution < 1.29 is 9.53 Å². The summed E-state index contributed by atoms with van der Waals surface area (Å²) in [5.41, 5.74) is 2.02. The van der Waals surface area contributed by atoms with Gasteiger partial charge in [0.15, 0.2) is 0 Å². The maximum atomic E-state index is 12.4. The van der Waals surface area contributed by atoms with Crippen molar-refractivity contribution in [2.24, 2.45) is 0 Å². The van der Waals surface area contributed by atoms with Crippen molar-refractivity contribution in [3.8, 4) is 0 Å². The van der Waals surface area contributed by atoms with E-state index in [-0.39, 0.29) is 16.8 Å². The van der Waals surface area contributed by atoms with E-state index in [1.54, 1.807) is 6.20 Å². The lowest BCUT2D eigenvalue weighted by atomic mass is 9.92. The molecular formula is C18H22N2O2S. The molecule has 2 aliphatic heterocycles. The van der Waals surface area contributed by atoms with Crippen molar-refractivity contribution in [2.45, 2.75) is 43.1 Å². The first kappa shape index (κ1) is 15.2. The highest BCUT2D eigenvalue weighted by atomic mass is 32.2. The second kappa shape index (κ2) is 6.29. The molecule has 0 saturated carbocycles. The lowest BCUT2D eigenvalue weighted by Gasteiger charge is -2.47. The summed E-state index contributed by atoms with van der Waals surface area (Å²) in [5.74, 6) is 1.30. The van der Waals surface area contributed by atoms with E-state index in [0.717, 1.165) is 55.8 Å². The number of hydrogen-bond acceptors (Lipinski definition) is 4. The Morgan fingerprint density at radius 3 is 3.09 bits per heavy atom. The highest BCUT2D eigenvalue weighted by Gasteiger charge is 2.51. The van der Waals surface area contributed by atoms with E-state index >= 15 is 0 Å². The lowest BCUT2D eigenvalue weighted by Crippen LogP contribution is -2.61. The molecule has 1 aromatic rings. The largest absolute Gasteiger partial charge is 0.371 e. The van der Waals surface area contributed by atoms with Crippen LogP contribution in [-0.4, -0.2) is 45.5 Å². The summed E-state index contributed by atoms with van der Waals surface area (Å²) in [4.78, 5) is 18.7. The van der Waals surface area contributed by atoms with Crippen molar-refractivity contribution in [1.29, 1.82) is 0 Å². The summed E-state index contributed by atoms with van der Waals surface area (Å²) < 4.78 is 6.26. The molecule has 0 unspecified atom stereocenters. The maximum absolute atomic E-state index is 12.4. The zero-order valence-electron chi connectivity index (χ0n) is 13.2. The molecule has 1 spiro atoms. The van der Waals surface area contributed by atoms with Gasteiger partial charge < -0.3 is 9.64 Å². The lowest BCUT2D eigenvalue weighted by molar-refractivity contribution is -0.132. The average Bonchev–Trinajstić information content (AvgIpc) is 3.22. The molecular weight excluding hydrogens is 308 g/mol. The normalized spacial score (nSPS) is 25.5. The zero-order valence-corrected chi connectivity index (χ0v) is 14.1. The highest BCUT2D eigenvalue weighted by molar-refractivity contribution is 8.01. The number of amides is 1. The van der Waals surface area contributed by atoms with Gasteiger partial charge in [-0.05, 0) is 37.8 Å². The molecule has 2 fully saturated rings. The van der Waals surface area contributed by atoms with E-state index in [1.165, 1.54) is 0 Å². The Morgan fingerprint density at radius 2 is 2.35 bits per heavy atom. The molecule has 2 saturated heterocycles. The van der Waals surface area contributed by atoms with E-state index in [0.29, 0.717) is 6.61 Å².